The van der Waals surface area contributed by atoms with E-state index in [1.54, 1.807) is 32.5 Å². The number of fused-ring (bicyclic) bond motifs is 3. The molecule has 0 spiro atoms. The van der Waals surface area contributed by atoms with Crippen LogP contribution in [0.25, 0.3) is 33.3 Å². The van der Waals surface area contributed by atoms with E-state index >= 15 is 0 Å². The van der Waals surface area contributed by atoms with E-state index in [9.17, 15) is 8.76 Å². The zero-order valence-electron chi connectivity index (χ0n) is 15.4. The van der Waals surface area contributed by atoms with Crippen molar-refractivity contribution in [3.05, 3.63) is 42.6 Å². The smallest absolute Gasteiger partial charge is 0.162 e. The van der Waals surface area contributed by atoms with Crippen LogP contribution in [0.5, 0.6) is 11.5 Å². The number of imidazole rings is 1. The number of aryl methyl sites for hydroxylation is 1. The minimum absolute atomic E-state index is 0.486. The molecule has 28 heavy (non-hydrogen) atoms. The highest BCUT2D eigenvalue weighted by atomic mass is 32.2. The molecule has 0 aliphatic heterocycles. The van der Waals surface area contributed by atoms with E-state index in [-0.39, 0.29) is 0 Å². The molecule has 0 fully saturated rings. The molecule has 4 aromatic rings. The number of rotatable bonds is 5. The van der Waals surface area contributed by atoms with Crippen molar-refractivity contribution < 1.29 is 18.2 Å². The summed E-state index contributed by atoms with van der Waals surface area (Å²) in [7, 11) is 5.11. The number of aromatic nitrogens is 3. The van der Waals surface area contributed by atoms with Crippen LogP contribution >= 0.6 is 0 Å². The largest absolute Gasteiger partial charge is 0.755 e. The lowest BCUT2D eigenvalue weighted by atomic mass is 10.1. The maximum atomic E-state index is 10.8. The first kappa shape index (κ1) is 18.2. The summed E-state index contributed by atoms with van der Waals surface area (Å²) < 4.78 is 36.6. The highest BCUT2D eigenvalue weighted by Gasteiger charge is 2.16. The van der Waals surface area contributed by atoms with Gasteiger partial charge in [-0.05, 0) is 30.3 Å². The molecule has 4 rings (SSSR count). The predicted molar refractivity (Wildman–Crippen MR) is 107 cm³/mol. The van der Waals surface area contributed by atoms with Crippen LogP contribution in [0.15, 0.2) is 42.6 Å². The summed E-state index contributed by atoms with van der Waals surface area (Å²) in [5, 5.41) is 0.899. The van der Waals surface area contributed by atoms with Crippen LogP contribution in [0.1, 0.15) is 0 Å². The fourth-order valence-corrected chi connectivity index (χ4v) is 3.59. The molecular formula is C19H17N4O4S-. The Morgan fingerprint density at radius 3 is 2.39 bits per heavy atom. The summed E-state index contributed by atoms with van der Waals surface area (Å²) in [6, 6.07) is 10.7. The van der Waals surface area contributed by atoms with Crippen LogP contribution in [0.3, 0.4) is 0 Å². The van der Waals surface area contributed by atoms with Crippen LogP contribution < -0.4 is 14.2 Å². The number of nitrogens with zero attached hydrogens (tertiary/aromatic N) is 3. The Bertz CT molecular complexity index is 1200. The average Bonchev–Trinajstić information content (AvgIpc) is 3.04. The quantitative estimate of drug-likeness (QED) is 0.520. The fourth-order valence-electron chi connectivity index (χ4n) is 3.27. The van der Waals surface area contributed by atoms with E-state index in [0.29, 0.717) is 17.2 Å². The number of hydrogen-bond donors (Lipinski definition) is 1. The number of methoxy groups -OCH3 is 2. The second-order valence-electron chi connectivity index (χ2n) is 6.12. The molecule has 144 valence electrons. The molecule has 2 heterocycles. The molecule has 0 saturated carbocycles. The molecule has 0 radical (unpaired) electrons. The maximum absolute atomic E-state index is 10.8. The Morgan fingerprint density at radius 1 is 1.07 bits per heavy atom. The van der Waals surface area contributed by atoms with Crippen molar-refractivity contribution in [2.24, 2.45) is 7.05 Å². The molecule has 0 amide bonds. The number of nitrogens with one attached hydrogen (secondary N) is 1. The van der Waals surface area contributed by atoms with Gasteiger partial charge in [-0.3, -0.25) is 9.19 Å². The highest BCUT2D eigenvalue weighted by molar-refractivity contribution is 7.80. The lowest BCUT2D eigenvalue weighted by Crippen LogP contribution is -2.02. The molecule has 2 aromatic heterocycles. The van der Waals surface area contributed by atoms with E-state index in [4.69, 9.17) is 14.5 Å². The first-order valence-corrected chi connectivity index (χ1v) is 9.43. The van der Waals surface area contributed by atoms with Gasteiger partial charge in [-0.25, -0.2) is 4.98 Å². The molecule has 1 unspecified atom stereocenters. The first-order chi connectivity index (χ1) is 13.5. The SMILES string of the molecule is COc1cc2ncc3nc(-c4ccc(NS(=O)[O-])cc4)n(C)c3c2cc1OC. The second-order valence-corrected chi connectivity index (χ2v) is 6.80. The van der Waals surface area contributed by atoms with E-state index in [0.717, 1.165) is 33.3 Å². The van der Waals surface area contributed by atoms with Gasteiger partial charge in [0.05, 0.1) is 31.4 Å². The zero-order chi connectivity index (χ0) is 19.8. The predicted octanol–water partition coefficient (Wildman–Crippen LogP) is 3.01. The first-order valence-electron chi connectivity index (χ1n) is 8.35. The van der Waals surface area contributed by atoms with E-state index in [1.165, 1.54) is 0 Å². The molecule has 8 nitrogen and oxygen atoms in total. The molecule has 0 bridgehead atoms. The number of hydrogen-bond acceptors (Lipinski definition) is 6. The maximum Gasteiger partial charge on any atom is 0.162 e. The molecule has 2 aromatic carbocycles. The number of ether oxygens (including phenoxy) is 2. The van der Waals surface area contributed by atoms with E-state index < -0.39 is 11.3 Å². The molecule has 0 aliphatic carbocycles. The van der Waals surface area contributed by atoms with Crippen LogP contribution in [-0.2, 0) is 18.3 Å². The van der Waals surface area contributed by atoms with Crippen LogP contribution in [-0.4, -0.2) is 37.5 Å². The number of anilines is 1. The summed E-state index contributed by atoms with van der Waals surface area (Å²) >= 11 is -2.36. The Labute approximate surface area is 163 Å². The Kier molecular flexibility index (Phi) is 4.62. The fraction of sp³-hybridized carbons (Fsp3) is 0.158. The molecule has 1 atom stereocenters. The summed E-state index contributed by atoms with van der Waals surface area (Å²) in [5.41, 5.74) is 3.79. The van der Waals surface area contributed by atoms with Gasteiger partial charge in [0.2, 0.25) is 0 Å². The molecular weight excluding hydrogens is 380 g/mol. The van der Waals surface area contributed by atoms with Gasteiger partial charge in [-0.2, -0.15) is 0 Å². The van der Waals surface area contributed by atoms with Gasteiger partial charge in [-0.15, -0.1) is 0 Å². The van der Waals surface area contributed by atoms with Crippen LogP contribution in [0, 0.1) is 0 Å². The molecule has 9 heteroatoms. The van der Waals surface area contributed by atoms with Gasteiger partial charge in [0.15, 0.2) is 11.5 Å². The Morgan fingerprint density at radius 2 is 1.75 bits per heavy atom. The van der Waals surface area contributed by atoms with Crippen molar-refractivity contribution in [2.45, 2.75) is 0 Å². The average molecular weight is 397 g/mol. The molecule has 1 N–H and O–H groups in total. The van der Waals surface area contributed by atoms with Gasteiger partial charge >= 0.3 is 0 Å². The van der Waals surface area contributed by atoms with Crippen molar-refractivity contribution in [2.75, 3.05) is 18.9 Å². The lowest BCUT2D eigenvalue weighted by molar-refractivity contribution is 0.356. The van der Waals surface area contributed by atoms with Gasteiger partial charge in [0.25, 0.3) is 0 Å². The molecule has 0 saturated heterocycles. The third kappa shape index (κ3) is 3.04. The number of pyridine rings is 1. The standard InChI is InChI=1S/C19H18N4O4S/c1-23-18-13-8-16(26-2)17(27-3)9-14(13)20-10-15(18)21-19(23)11-4-6-12(7-5-11)22-28(24)25/h4-10,22H,1-3H3,(H,24,25)/p-1. The Balaban J connectivity index is 1.88. The lowest BCUT2D eigenvalue weighted by Gasteiger charge is -2.10. The van der Waals surface area contributed by atoms with E-state index in [2.05, 4.69) is 9.71 Å². The van der Waals surface area contributed by atoms with Gasteiger partial charge in [0.1, 0.15) is 11.3 Å². The minimum Gasteiger partial charge on any atom is -0.755 e. The summed E-state index contributed by atoms with van der Waals surface area (Å²) in [6.07, 6.45) is 1.73. The van der Waals surface area contributed by atoms with Gasteiger partial charge < -0.3 is 23.3 Å². The molecule has 0 aliphatic rings. The second kappa shape index (κ2) is 7.10. The summed E-state index contributed by atoms with van der Waals surface area (Å²) in [6.45, 7) is 0. The topological polar surface area (TPSA) is 101 Å². The van der Waals surface area contributed by atoms with Crippen molar-refractivity contribution in [3.63, 3.8) is 0 Å². The third-order valence-corrected chi connectivity index (χ3v) is 4.95. The van der Waals surface area contributed by atoms with Crippen molar-refractivity contribution in [1.29, 1.82) is 0 Å². The summed E-state index contributed by atoms with van der Waals surface area (Å²) in [5.74, 6) is 1.98. The highest BCUT2D eigenvalue weighted by Crippen LogP contribution is 2.35. The van der Waals surface area contributed by atoms with E-state index in [1.807, 2.05) is 35.9 Å². The van der Waals surface area contributed by atoms with Gasteiger partial charge in [-0.1, -0.05) is 0 Å². The minimum atomic E-state index is -2.36. The van der Waals surface area contributed by atoms with Crippen molar-refractivity contribution in [1.82, 2.24) is 14.5 Å². The van der Waals surface area contributed by atoms with Crippen LogP contribution in [0.2, 0.25) is 0 Å². The van der Waals surface area contributed by atoms with Gasteiger partial charge in [0, 0.05) is 41.0 Å². The Hall–Kier alpha value is -3.17. The van der Waals surface area contributed by atoms with Crippen molar-refractivity contribution in [3.8, 4) is 22.9 Å². The monoisotopic (exact) mass is 397 g/mol. The summed E-state index contributed by atoms with van der Waals surface area (Å²) in [4.78, 5) is 9.21. The number of benzene rings is 2. The van der Waals surface area contributed by atoms with Crippen LogP contribution in [0.4, 0.5) is 5.69 Å². The zero-order valence-corrected chi connectivity index (χ0v) is 16.2. The third-order valence-electron chi connectivity index (χ3n) is 4.55. The van der Waals surface area contributed by atoms with Crippen molar-refractivity contribution >= 4 is 38.9 Å². The normalized spacial score (nSPS) is 12.3.